The molecule has 1 N–H and O–H groups in total. The van der Waals surface area contributed by atoms with E-state index in [0.717, 1.165) is 37.4 Å². The summed E-state index contributed by atoms with van der Waals surface area (Å²) in [4.78, 5) is 30.6. The summed E-state index contributed by atoms with van der Waals surface area (Å²) in [5, 5.41) is 3.97. The molecule has 0 aliphatic carbocycles. The van der Waals surface area contributed by atoms with Crippen molar-refractivity contribution in [1.29, 1.82) is 0 Å². The second-order valence-electron chi connectivity index (χ2n) is 10.6. The van der Waals surface area contributed by atoms with Crippen LogP contribution in [0.3, 0.4) is 0 Å². The molecule has 2 amide bonds. The van der Waals surface area contributed by atoms with E-state index in [4.69, 9.17) is 23.2 Å². The lowest BCUT2D eigenvalue weighted by atomic mass is 9.93. The Labute approximate surface area is 218 Å². The van der Waals surface area contributed by atoms with E-state index in [1.54, 1.807) is 36.4 Å². The minimum absolute atomic E-state index is 0.0403. The maximum absolute atomic E-state index is 13.1. The SMILES string of the molecule is CC1CCCN(C2CCN(C(=O)c3ccc(C(=O)NC(C)(C)c4ccc(Cl)c(Cl)c4)cc3)CC2)C1. The van der Waals surface area contributed by atoms with E-state index in [1.807, 2.05) is 24.8 Å². The molecule has 0 saturated carbocycles. The van der Waals surface area contributed by atoms with E-state index in [9.17, 15) is 9.59 Å². The van der Waals surface area contributed by atoms with Gasteiger partial charge in [0, 0.05) is 36.8 Å². The van der Waals surface area contributed by atoms with Gasteiger partial charge < -0.3 is 10.2 Å². The molecule has 1 atom stereocenters. The highest BCUT2D eigenvalue weighted by Crippen LogP contribution is 2.29. The van der Waals surface area contributed by atoms with Gasteiger partial charge in [-0.15, -0.1) is 0 Å². The molecule has 2 heterocycles. The third kappa shape index (κ3) is 6.19. The fourth-order valence-corrected chi connectivity index (χ4v) is 5.55. The number of hydrogen-bond acceptors (Lipinski definition) is 3. The van der Waals surface area contributed by atoms with Gasteiger partial charge in [-0.2, -0.15) is 0 Å². The Morgan fingerprint density at radius 2 is 1.57 bits per heavy atom. The van der Waals surface area contributed by atoms with Gasteiger partial charge in [0.1, 0.15) is 0 Å². The van der Waals surface area contributed by atoms with Crippen LogP contribution in [0, 0.1) is 5.92 Å². The summed E-state index contributed by atoms with van der Waals surface area (Å²) in [6.07, 6.45) is 4.67. The van der Waals surface area contributed by atoms with Crippen LogP contribution in [-0.2, 0) is 5.54 Å². The molecule has 2 aromatic rings. The van der Waals surface area contributed by atoms with E-state index < -0.39 is 5.54 Å². The fraction of sp³-hybridized carbons (Fsp3) is 0.500. The van der Waals surface area contributed by atoms with Gasteiger partial charge in [0.25, 0.3) is 11.8 Å². The molecule has 2 aromatic carbocycles. The summed E-state index contributed by atoms with van der Waals surface area (Å²) in [6, 6.07) is 12.9. The molecule has 0 bridgehead atoms. The number of piperidine rings is 2. The zero-order chi connectivity index (χ0) is 25.2. The second-order valence-corrected chi connectivity index (χ2v) is 11.4. The quantitative estimate of drug-likeness (QED) is 0.531. The monoisotopic (exact) mass is 515 g/mol. The fourth-order valence-electron chi connectivity index (χ4n) is 5.25. The van der Waals surface area contributed by atoms with E-state index >= 15 is 0 Å². The average molecular weight is 517 g/mol. The van der Waals surface area contributed by atoms with Gasteiger partial charge in [0.05, 0.1) is 15.6 Å². The highest BCUT2D eigenvalue weighted by atomic mass is 35.5. The van der Waals surface area contributed by atoms with Crippen molar-refractivity contribution in [3.8, 4) is 0 Å². The third-order valence-electron chi connectivity index (χ3n) is 7.42. The van der Waals surface area contributed by atoms with E-state index in [1.165, 1.54) is 25.9 Å². The van der Waals surface area contributed by atoms with Crippen LogP contribution in [0.25, 0.3) is 0 Å². The molecular formula is C28H35Cl2N3O2. The Kier molecular flexibility index (Phi) is 8.09. The number of benzene rings is 2. The third-order valence-corrected chi connectivity index (χ3v) is 8.16. The van der Waals surface area contributed by atoms with Crippen molar-refractivity contribution in [1.82, 2.24) is 15.1 Å². The molecular weight excluding hydrogens is 481 g/mol. The molecule has 1 unspecified atom stereocenters. The number of amides is 2. The summed E-state index contributed by atoms with van der Waals surface area (Å²) in [5.41, 5.74) is 1.34. The summed E-state index contributed by atoms with van der Waals surface area (Å²) < 4.78 is 0. The maximum atomic E-state index is 13.1. The first-order valence-electron chi connectivity index (χ1n) is 12.6. The minimum atomic E-state index is -0.643. The van der Waals surface area contributed by atoms with Crippen molar-refractivity contribution in [3.05, 3.63) is 69.2 Å². The highest BCUT2D eigenvalue weighted by Gasteiger charge is 2.30. The number of nitrogens with one attached hydrogen (secondary N) is 1. The van der Waals surface area contributed by atoms with E-state index in [2.05, 4.69) is 17.1 Å². The molecule has 2 aliphatic heterocycles. The lowest BCUT2D eigenvalue weighted by Crippen LogP contribution is -2.49. The first-order valence-corrected chi connectivity index (χ1v) is 13.3. The number of hydrogen-bond donors (Lipinski definition) is 1. The van der Waals surface area contributed by atoms with Crippen molar-refractivity contribution in [2.24, 2.45) is 5.92 Å². The smallest absolute Gasteiger partial charge is 0.253 e. The molecule has 35 heavy (non-hydrogen) atoms. The Hall–Kier alpha value is -2.08. The first-order chi connectivity index (χ1) is 16.6. The van der Waals surface area contributed by atoms with Crippen LogP contribution in [0.15, 0.2) is 42.5 Å². The van der Waals surface area contributed by atoms with Gasteiger partial charge >= 0.3 is 0 Å². The zero-order valence-corrected chi connectivity index (χ0v) is 22.3. The number of carbonyl (C=O) groups is 2. The van der Waals surface area contributed by atoms with Crippen molar-refractivity contribution >= 4 is 35.0 Å². The van der Waals surface area contributed by atoms with Gasteiger partial charge in [-0.1, -0.05) is 36.2 Å². The maximum Gasteiger partial charge on any atom is 0.253 e. The molecule has 188 valence electrons. The van der Waals surface area contributed by atoms with Crippen molar-refractivity contribution in [3.63, 3.8) is 0 Å². The van der Waals surface area contributed by atoms with Crippen LogP contribution >= 0.6 is 23.2 Å². The molecule has 2 aliphatic rings. The zero-order valence-electron chi connectivity index (χ0n) is 20.8. The molecule has 2 fully saturated rings. The standard InChI is InChI=1S/C28H35Cl2N3O2/c1-19-5-4-14-33(18-19)23-12-15-32(16-13-23)27(35)21-8-6-20(7-9-21)26(34)31-28(2,3)22-10-11-24(29)25(30)17-22/h6-11,17,19,23H,4-5,12-16,18H2,1-3H3,(H,31,34). The summed E-state index contributed by atoms with van der Waals surface area (Å²) in [7, 11) is 0. The Bertz CT molecular complexity index is 1060. The second kappa shape index (κ2) is 10.9. The van der Waals surface area contributed by atoms with Crippen molar-refractivity contribution in [2.45, 2.75) is 58.0 Å². The van der Waals surface area contributed by atoms with E-state index in [0.29, 0.717) is 27.2 Å². The normalized spacial score (nSPS) is 20.0. The molecule has 5 nitrogen and oxygen atoms in total. The summed E-state index contributed by atoms with van der Waals surface area (Å²) in [6.45, 7) is 10.1. The molecule has 0 spiro atoms. The minimum Gasteiger partial charge on any atom is -0.343 e. The Morgan fingerprint density at radius 1 is 0.914 bits per heavy atom. The van der Waals surface area contributed by atoms with Crippen LogP contribution in [-0.4, -0.2) is 53.8 Å². The van der Waals surface area contributed by atoms with Gasteiger partial charge in [-0.05, 0) is 94.0 Å². The number of rotatable bonds is 5. The molecule has 0 aromatic heterocycles. The van der Waals surface area contributed by atoms with Gasteiger partial charge in [0.15, 0.2) is 0 Å². The molecule has 0 radical (unpaired) electrons. The van der Waals surface area contributed by atoms with Crippen LogP contribution in [0.1, 0.15) is 72.7 Å². The number of likely N-dealkylation sites (tertiary alicyclic amines) is 2. The number of halogens is 2. The lowest BCUT2D eigenvalue weighted by molar-refractivity contribution is 0.0541. The molecule has 2 saturated heterocycles. The molecule has 4 rings (SSSR count). The predicted octanol–water partition coefficient (Wildman–Crippen LogP) is 6.00. The summed E-state index contributed by atoms with van der Waals surface area (Å²) in [5.74, 6) is 0.601. The Balaban J connectivity index is 1.34. The van der Waals surface area contributed by atoms with Gasteiger partial charge in [-0.3, -0.25) is 14.5 Å². The van der Waals surface area contributed by atoms with Gasteiger partial charge in [-0.25, -0.2) is 0 Å². The van der Waals surface area contributed by atoms with E-state index in [-0.39, 0.29) is 11.8 Å². The van der Waals surface area contributed by atoms with Crippen LogP contribution in [0.2, 0.25) is 10.0 Å². The number of carbonyl (C=O) groups excluding carboxylic acids is 2. The molecule has 7 heteroatoms. The Morgan fingerprint density at radius 3 is 2.20 bits per heavy atom. The highest BCUT2D eigenvalue weighted by molar-refractivity contribution is 6.42. The van der Waals surface area contributed by atoms with Crippen molar-refractivity contribution in [2.75, 3.05) is 26.2 Å². The predicted molar refractivity (Wildman–Crippen MR) is 142 cm³/mol. The lowest BCUT2D eigenvalue weighted by Gasteiger charge is -2.41. The van der Waals surface area contributed by atoms with Crippen LogP contribution in [0.4, 0.5) is 0 Å². The number of nitrogens with zero attached hydrogens (tertiary/aromatic N) is 2. The largest absolute Gasteiger partial charge is 0.343 e. The van der Waals surface area contributed by atoms with Crippen LogP contribution in [0.5, 0.6) is 0 Å². The topological polar surface area (TPSA) is 52.7 Å². The first kappa shape index (κ1) is 26.0. The van der Waals surface area contributed by atoms with Gasteiger partial charge in [0.2, 0.25) is 0 Å². The van der Waals surface area contributed by atoms with Crippen molar-refractivity contribution < 1.29 is 9.59 Å². The summed E-state index contributed by atoms with van der Waals surface area (Å²) >= 11 is 12.2. The average Bonchev–Trinajstić information content (AvgIpc) is 2.85. The van der Waals surface area contributed by atoms with Crippen LogP contribution < -0.4 is 5.32 Å².